The highest BCUT2D eigenvalue weighted by molar-refractivity contribution is 5.89. The quantitative estimate of drug-likeness (QED) is 0.676. The van der Waals surface area contributed by atoms with Crippen LogP contribution in [0.3, 0.4) is 0 Å². The molecule has 7 heteroatoms. The van der Waals surface area contributed by atoms with E-state index in [-0.39, 0.29) is 11.6 Å². The Balaban J connectivity index is 1.91. The van der Waals surface area contributed by atoms with E-state index in [0.717, 1.165) is 5.69 Å². The molecule has 1 aromatic heterocycles. The van der Waals surface area contributed by atoms with E-state index in [2.05, 4.69) is 16.0 Å². The topological polar surface area (TPSA) is 104 Å². The van der Waals surface area contributed by atoms with Crippen LogP contribution in [0.25, 0.3) is 0 Å². The van der Waals surface area contributed by atoms with Crippen molar-refractivity contribution in [2.75, 3.05) is 17.7 Å². The third-order valence-corrected chi connectivity index (χ3v) is 2.74. The van der Waals surface area contributed by atoms with Crippen LogP contribution in [0.5, 0.6) is 0 Å². The number of carbonyl (C=O) groups is 2. The Labute approximate surface area is 121 Å². The van der Waals surface area contributed by atoms with E-state index < -0.39 is 5.97 Å². The van der Waals surface area contributed by atoms with Crippen molar-refractivity contribution in [1.29, 1.82) is 0 Å². The maximum Gasteiger partial charge on any atom is 0.338 e. The summed E-state index contributed by atoms with van der Waals surface area (Å²) in [6.45, 7) is 0.371. The molecule has 0 bridgehead atoms. The second kappa shape index (κ2) is 6.47. The van der Waals surface area contributed by atoms with Gasteiger partial charge < -0.3 is 25.5 Å². The summed E-state index contributed by atoms with van der Waals surface area (Å²) in [6.07, 6.45) is 1.20. The zero-order chi connectivity index (χ0) is 15.2. The first-order valence-corrected chi connectivity index (χ1v) is 6.22. The van der Waals surface area contributed by atoms with Crippen LogP contribution in [0.4, 0.5) is 16.2 Å². The minimum absolute atomic E-state index is 0.122. The molecule has 0 aliphatic carbocycles. The summed E-state index contributed by atoms with van der Waals surface area (Å²) in [5.41, 5.74) is 1.62. The molecule has 0 spiro atoms. The largest absolute Gasteiger partial charge is 0.478 e. The van der Waals surface area contributed by atoms with Crippen LogP contribution in [0, 0.1) is 0 Å². The van der Waals surface area contributed by atoms with Crippen molar-refractivity contribution in [2.45, 2.75) is 6.54 Å². The predicted octanol–water partition coefficient (Wildman–Crippen LogP) is 2.34. The Morgan fingerprint density at radius 1 is 1.19 bits per heavy atom. The number of furan rings is 1. The van der Waals surface area contributed by atoms with E-state index in [1.165, 1.54) is 12.3 Å². The van der Waals surface area contributed by atoms with Gasteiger partial charge in [-0.25, -0.2) is 9.59 Å². The van der Waals surface area contributed by atoms with Crippen molar-refractivity contribution in [2.24, 2.45) is 0 Å². The molecule has 1 aromatic carbocycles. The smallest absolute Gasteiger partial charge is 0.338 e. The summed E-state index contributed by atoms with van der Waals surface area (Å²) in [5, 5.41) is 17.0. The molecule has 0 atom stereocenters. The molecule has 0 unspecified atom stereocenters. The van der Waals surface area contributed by atoms with E-state index in [1.807, 2.05) is 0 Å². The number of hydrogen-bond acceptors (Lipinski definition) is 4. The molecule has 0 saturated carbocycles. The van der Waals surface area contributed by atoms with Crippen molar-refractivity contribution in [3.63, 3.8) is 0 Å². The number of hydrogen-bond donors (Lipinski definition) is 4. The fraction of sp³-hybridized carbons (Fsp3) is 0.143. The van der Waals surface area contributed by atoms with E-state index in [9.17, 15) is 9.59 Å². The number of carboxylic acid groups (broad SMARTS) is 1. The van der Waals surface area contributed by atoms with E-state index >= 15 is 0 Å². The number of carbonyl (C=O) groups excluding carboxylic acids is 1. The fourth-order valence-corrected chi connectivity index (χ4v) is 1.64. The van der Waals surface area contributed by atoms with Gasteiger partial charge in [0.25, 0.3) is 0 Å². The lowest BCUT2D eigenvalue weighted by molar-refractivity contribution is 0.0696. The standard InChI is InChI=1S/C14H15N3O4/c1-15-14(20)17-11-4-2-10(3-5-11)16-7-12-6-9(8-21-12)13(18)19/h2-6,8,16H,7H2,1H3,(H,18,19)(H2,15,17,20). The van der Waals surface area contributed by atoms with Crippen molar-refractivity contribution in [1.82, 2.24) is 5.32 Å². The SMILES string of the molecule is CNC(=O)Nc1ccc(NCc2cc(C(=O)O)co2)cc1. The van der Waals surface area contributed by atoms with Gasteiger partial charge in [-0.3, -0.25) is 0 Å². The van der Waals surface area contributed by atoms with Crippen molar-refractivity contribution >= 4 is 23.4 Å². The van der Waals surface area contributed by atoms with Gasteiger partial charge in [0, 0.05) is 18.4 Å². The number of urea groups is 1. The molecule has 0 saturated heterocycles. The molecule has 0 aliphatic rings. The number of carboxylic acids is 1. The van der Waals surface area contributed by atoms with E-state index in [1.54, 1.807) is 31.3 Å². The molecular weight excluding hydrogens is 274 g/mol. The lowest BCUT2D eigenvalue weighted by atomic mass is 10.2. The van der Waals surface area contributed by atoms with Gasteiger partial charge in [-0.15, -0.1) is 0 Å². The monoisotopic (exact) mass is 289 g/mol. The summed E-state index contributed by atoms with van der Waals surface area (Å²) in [7, 11) is 1.54. The molecule has 110 valence electrons. The summed E-state index contributed by atoms with van der Waals surface area (Å²) in [5.74, 6) is -0.491. The maximum atomic E-state index is 11.1. The highest BCUT2D eigenvalue weighted by atomic mass is 16.4. The van der Waals surface area contributed by atoms with Gasteiger partial charge in [-0.05, 0) is 30.3 Å². The number of aromatic carboxylic acids is 1. The van der Waals surface area contributed by atoms with Gasteiger partial charge in [-0.2, -0.15) is 0 Å². The maximum absolute atomic E-state index is 11.1. The Hall–Kier alpha value is -2.96. The Bertz CT molecular complexity index is 634. The van der Waals surface area contributed by atoms with E-state index in [4.69, 9.17) is 9.52 Å². The van der Waals surface area contributed by atoms with Crippen LogP contribution in [0.15, 0.2) is 41.0 Å². The number of benzene rings is 1. The highest BCUT2D eigenvalue weighted by Crippen LogP contribution is 2.15. The van der Waals surface area contributed by atoms with Gasteiger partial charge in [-0.1, -0.05) is 0 Å². The van der Waals surface area contributed by atoms with Gasteiger partial charge in [0.15, 0.2) is 0 Å². The summed E-state index contributed by atoms with van der Waals surface area (Å²) >= 11 is 0. The normalized spacial score (nSPS) is 9.95. The first-order valence-electron chi connectivity index (χ1n) is 6.22. The minimum Gasteiger partial charge on any atom is -0.478 e. The first-order chi connectivity index (χ1) is 10.1. The van der Waals surface area contributed by atoms with Crippen LogP contribution < -0.4 is 16.0 Å². The van der Waals surface area contributed by atoms with E-state index in [0.29, 0.717) is 18.0 Å². The van der Waals surface area contributed by atoms with Crippen molar-refractivity contribution in [3.05, 3.63) is 47.9 Å². The molecule has 0 radical (unpaired) electrons. The van der Waals surface area contributed by atoms with Gasteiger partial charge in [0.1, 0.15) is 12.0 Å². The number of nitrogens with one attached hydrogen (secondary N) is 3. The number of anilines is 2. The first kappa shape index (κ1) is 14.4. The summed E-state index contributed by atoms with van der Waals surface area (Å²) in [4.78, 5) is 21.9. The van der Waals surface area contributed by atoms with Gasteiger partial charge in [0.05, 0.1) is 12.1 Å². The Morgan fingerprint density at radius 3 is 2.43 bits per heavy atom. The molecule has 2 amide bonds. The zero-order valence-electron chi connectivity index (χ0n) is 11.3. The number of rotatable bonds is 5. The van der Waals surface area contributed by atoms with Crippen LogP contribution in [0.2, 0.25) is 0 Å². The van der Waals surface area contributed by atoms with Crippen LogP contribution in [-0.4, -0.2) is 24.2 Å². The highest BCUT2D eigenvalue weighted by Gasteiger charge is 2.07. The molecule has 2 aromatic rings. The predicted molar refractivity (Wildman–Crippen MR) is 77.5 cm³/mol. The molecule has 1 heterocycles. The molecule has 21 heavy (non-hydrogen) atoms. The lowest BCUT2D eigenvalue weighted by Crippen LogP contribution is -2.24. The van der Waals surface area contributed by atoms with Crippen molar-refractivity contribution in [3.8, 4) is 0 Å². The lowest BCUT2D eigenvalue weighted by Gasteiger charge is -2.07. The third-order valence-electron chi connectivity index (χ3n) is 2.74. The molecule has 7 nitrogen and oxygen atoms in total. The van der Waals surface area contributed by atoms with Gasteiger partial charge in [0.2, 0.25) is 0 Å². The van der Waals surface area contributed by atoms with Crippen molar-refractivity contribution < 1.29 is 19.1 Å². The molecule has 2 rings (SSSR count). The second-order valence-electron chi connectivity index (χ2n) is 4.24. The van der Waals surface area contributed by atoms with Crippen LogP contribution >= 0.6 is 0 Å². The zero-order valence-corrected chi connectivity index (χ0v) is 11.3. The Kier molecular flexibility index (Phi) is 4.45. The molecule has 4 N–H and O–H groups in total. The van der Waals surface area contributed by atoms with Gasteiger partial charge >= 0.3 is 12.0 Å². The second-order valence-corrected chi connectivity index (χ2v) is 4.24. The molecule has 0 fully saturated rings. The minimum atomic E-state index is -1.02. The number of amides is 2. The average molecular weight is 289 g/mol. The Morgan fingerprint density at radius 2 is 1.86 bits per heavy atom. The van der Waals surface area contributed by atoms with Crippen LogP contribution in [-0.2, 0) is 6.54 Å². The summed E-state index contributed by atoms with van der Waals surface area (Å²) in [6, 6.07) is 8.28. The van der Waals surface area contributed by atoms with Crippen LogP contribution in [0.1, 0.15) is 16.1 Å². The molecule has 0 aliphatic heterocycles. The fourth-order valence-electron chi connectivity index (χ4n) is 1.64. The summed E-state index contributed by atoms with van der Waals surface area (Å²) < 4.78 is 5.13. The average Bonchev–Trinajstić information content (AvgIpc) is 2.95. The molecular formula is C14H15N3O4. The third kappa shape index (κ3) is 4.00.